The van der Waals surface area contributed by atoms with Crippen LogP contribution in [0.2, 0.25) is 0 Å². The molecule has 2 N–H and O–H groups in total. The molecule has 0 aromatic heterocycles. The zero-order chi connectivity index (χ0) is 20.0. The van der Waals surface area contributed by atoms with Crippen LogP contribution in [0.5, 0.6) is 5.75 Å². The minimum absolute atomic E-state index is 0.0206. The Hall–Kier alpha value is -1.86. The van der Waals surface area contributed by atoms with E-state index >= 15 is 0 Å². The van der Waals surface area contributed by atoms with Gasteiger partial charge in [-0.05, 0) is 56.2 Å². The van der Waals surface area contributed by atoms with E-state index in [0.29, 0.717) is 11.4 Å². The second-order valence-electron chi connectivity index (χ2n) is 8.32. The lowest BCUT2D eigenvalue weighted by atomic mass is 10.1. The molecular formula is C20H28N2O4S. The average molecular weight is 393 g/mol. The third-order valence-corrected chi connectivity index (χ3v) is 6.86. The van der Waals surface area contributed by atoms with Gasteiger partial charge in [0.15, 0.2) is 0 Å². The number of methoxy groups -OCH3 is 1. The standard InChI is InChI=1S/C20H28N2O4S/c1-12(2)10-15-18(20(15,3)4)19(23)21-16-11-14(8-9-17(16)26-5)27(24,25)22-13-6-7-13/h8-11,13,15,18,22H,6-7H2,1-5H3,(H,21,23). The van der Waals surface area contributed by atoms with Crippen molar-refractivity contribution < 1.29 is 17.9 Å². The third kappa shape index (κ3) is 4.19. The van der Waals surface area contributed by atoms with E-state index in [4.69, 9.17) is 4.74 Å². The zero-order valence-electron chi connectivity index (χ0n) is 16.5. The predicted octanol–water partition coefficient (Wildman–Crippen LogP) is 3.31. The molecule has 0 saturated heterocycles. The van der Waals surface area contributed by atoms with Crippen molar-refractivity contribution in [2.45, 2.75) is 51.5 Å². The normalized spacial score (nSPS) is 23.4. The van der Waals surface area contributed by atoms with Crippen molar-refractivity contribution in [3.8, 4) is 5.75 Å². The van der Waals surface area contributed by atoms with Crippen LogP contribution in [-0.4, -0.2) is 27.5 Å². The van der Waals surface area contributed by atoms with E-state index in [2.05, 4.69) is 30.0 Å². The highest BCUT2D eigenvalue weighted by atomic mass is 32.2. The van der Waals surface area contributed by atoms with E-state index < -0.39 is 10.0 Å². The number of allylic oxidation sites excluding steroid dienone is 2. The molecule has 0 bridgehead atoms. The lowest BCUT2D eigenvalue weighted by Crippen LogP contribution is -2.26. The third-order valence-electron chi connectivity index (χ3n) is 5.34. The van der Waals surface area contributed by atoms with Crippen LogP contribution in [0.25, 0.3) is 0 Å². The number of ether oxygens (including phenoxy) is 1. The summed E-state index contributed by atoms with van der Waals surface area (Å²) in [5.74, 6) is 0.343. The number of carbonyl (C=O) groups is 1. The molecule has 2 saturated carbocycles. The van der Waals surface area contributed by atoms with E-state index in [9.17, 15) is 13.2 Å². The first-order valence-corrected chi connectivity index (χ1v) is 10.7. The predicted molar refractivity (Wildman–Crippen MR) is 105 cm³/mol. The Bertz CT molecular complexity index is 881. The smallest absolute Gasteiger partial charge is 0.240 e. The Morgan fingerprint density at radius 2 is 1.93 bits per heavy atom. The van der Waals surface area contributed by atoms with Gasteiger partial charge < -0.3 is 10.1 Å². The van der Waals surface area contributed by atoms with E-state index in [1.165, 1.54) is 24.8 Å². The van der Waals surface area contributed by atoms with Crippen molar-refractivity contribution in [2.75, 3.05) is 12.4 Å². The Kier molecular flexibility index (Phi) is 5.12. The van der Waals surface area contributed by atoms with Crippen LogP contribution in [-0.2, 0) is 14.8 Å². The van der Waals surface area contributed by atoms with Gasteiger partial charge in [0.05, 0.1) is 23.6 Å². The monoisotopic (exact) mass is 392 g/mol. The summed E-state index contributed by atoms with van der Waals surface area (Å²) < 4.78 is 32.9. The Balaban J connectivity index is 1.82. The Morgan fingerprint density at radius 1 is 1.26 bits per heavy atom. The number of benzene rings is 1. The fraction of sp³-hybridized carbons (Fsp3) is 0.550. The lowest BCUT2D eigenvalue weighted by molar-refractivity contribution is -0.118. The number of rotatable bonds is 7. The van der Waals surface area contributed by atoms with Gasteiger partial charge in [0, 0.05) is 6.04 Å². The highest BCUT2D eigenvalue weighted by Crippen LogP contribution is 2.59. The molecule has 1 aromatic carbocycles. The zero-order valence-corrected chi connectivity index (χ0v) is 17.3. The molecule has 27 heavy (non-hydrogen) atoms. The van der Waals surface area contributed by atoms with Gasteiger partial charge in [0.25, 0.3) is 0 Å². The molecule has 0 radical (unpaired) electrons. The van der Waals surface area contributed by atoms with Crippen LogP contribution >= 0.6 is 0 Å². The fourth-order valence-corrected chi connectivity index (χ4v) is 4.83. The molecule has 2 fully saturated rings. The maximum absolute atomic E-state index is 12.8. The number of sulfonamides is 1. The Labute approximate surface area is 161 Å². The van der Waals surface area contributed by atoms with Crippen molar-refractivity contribution in [1.29, 1.82) is 0 Å². The molecule has 1 aromatic rings. The van der Waals surface area contributed by atoms with Crippen molar-refractivity contribution in [2.24, 2.45) is 17.3 Å². The average Bonchev–Trinajstić information content (AvgIpc) is 3.45. The SMILES string of the molecule is COc1ccc(S(=O)(=O)NC2CC2)cc1NC(=O)C1C(C=C(C)C)C1(C)C. The second-order valence-corrected chi connectivity index (χ2v) is 10.0. The molecule has 0 spiro atoms. The van der Waals surface area contributed by atoms with E-state index in [-0.39, 0.29) is 34.1 Å². The van der Waals surface area contributed by atoms with Crippen LogP contribution in [0.1, 0.15) is 40.5 Å². The number of amides is 1. The molecule has 2 unspecified atom stereocenters. The maximum atomic E-state index is 12.8. The molecule has 3 rings (SSSR count). The summed E-state index contributed by atoms with van der Waals surface area (Å²) in [5.41, 5.74) is 1.44. The maximum Gasteiger partial charge on any atom is 0.240 e. The molecule has 2 aliphatic rings. The molecular weight excluding hydrogens is 364 g/mol. The largest absolute Gasteiger partial charge is 0.495 e. The Morgan fingerprint density at radius 3 is 2.48 bits per heavy atom. The van der Waals surface area contributed by atoms with Crippen molar-refractivity contribution >= 4 is 21.6 Å². The van der Waals surface area contributed by atoms with Gasteiger partial charge in [0.2, 0.25) is 15.9 Å². The van der Waals surface area contributed by atoms with E-state index in [1.807, 2.05) is 13.8 Å². The molecule has 2 atom stereocenters. The number of nitrogens with one attached hydrogen (secondary N) is 2. The van der Waals surface area contributed by atoms with Gasteiger partial charge in [-0.25, -0.2) is 13.1 Å². The first-order chi connectivity index (χ1) is 12.6. The van der Waals surface area contributed by atoms with Gasteiger partial charge in [-0.1, -0.05) is 25.5 Å². The fourth-order valence-electron chi connectivity index (χ4n) is 3.50. The number of anilines is 1. The first-order valence-electron chi connectivity index (χ1n) is 9.22. The number of hydrogen-bond donors (Lipinski definition) is 2. The van der Waals surface area contributed by atoms with Gasteiger partial charge in [0.1, 0.15) is 5.75 Å². The topological polar surface area (TPSA) is 84.5 Å². The van der Waals surface area contributed by atoms with Crippen molar-refractivity contribution in [1.82, 2.24) is 4.72 Å². The minimum Gasteiger partial charge on any atom is -0.495 e. The van der Waals surface area contributed by atoms with Crippen molar-refractivity contribution in [3.05, 3.63) is 29.8 Å². The van der Waals surface area contributed by atoms with Gasteiger partial charge in [-0.2, -0.15) is 0 Å². The van der Waals surface area contributed by atoms with E-state index in [1.54, 1.807) is 6.07 Å². The molecule has 148 valence electrons. The van der Waals surface area contributed by atoms with Gasteiger partial charge in [-0.3, -0.25) is 4.79 Å². The first kappa shape index (κ1) is 19.9. The summed E-state index contributed by atoms with van der Waals surface area (Å²) in [6.07, 6.45) is 3.85. The van der Waals surface area contributed by atoms with Crippen LogP contribution in [0.3, 0.4) is 0 Å². The lowest BCUT2D eigenvalue weighted by Gasteiger charge is -2.13. The van der Waals surface area contributed by atoms with Crippen LogP contribution in [0.4, 0.5) is 5.69 Å². The van der Waals surface area contributed by atoms with Crippen LogP contribution < -0.4 is 14.8 Å². The van der Waals surface area contributed by atoms with E-state index in [0.717, 1.165) is 12.8 Å². The molecule has 6 nitrogen and oxygen atoms in total. The summed E-state index contributed by atoms with van der Waals surface area (Å²) in [6, 6.07) is 4.55. The highest BCUT2D eigenvalue weighted by molar-refractivity contribution is 7.89. The minimum atomic E-state index is -3.60. The molecule has 1 amide bonds. The summed E-state index contributed by atoms with van der Waals surface area (Å²) in [4.78, 5) is 13.0. The summed E-state index contributed by atoms with van der Waals surface area (Å²) in [5, 5.41) is 2.88. The van der Waals surface area contributed by atoms with Crippen LogP contribution in [0.15, 0.2) is 34.7 Å². The second kappa shape index (κ2) is 6.95. The summed E-state index contributed by atoms with van der Waals surface area (Å²) >= 11 is 0. The van der Waals surface area contributed by atoms with Crippen LogP contribution in [0, 0.1) is 17.3 Å². The summed E-state index contributed by atoms with van der Waals surface area (Å²) in [7, 11) is -2.11. The molecule has 0 heterocycles. The van der Waals surface area contributed by atoms with Gasteiger partial charge in [-0.15, -0.1) is 0 Å². The van der Waals surface area contributed by atoms with Gasteiger partial charge >= 0.3 is 0 Å². The highest BCUT2D eigenvalue weighted by Gasteiger charge is 2.60. The number of carbonyl (C=O) groups excluding carboxylic acids is 1. The molecule has 0 aliphatic heterocycles. The molecule has 7 heteroatoms. The molecule has 2 aliphatic carbocycles. The quantitative estimate of drug-likeness (QED) is 0.697. The van der Waals surface area contributed by atoms with Crippen molar-refractivity contribution in [3.63, 3.8) is 0 Å². The summed E-state index contributed by atoms with van der Waals surface area (Å²) in [6.45, 7) is 8.18. The number of hydrogen-bond acceptors (Lipinski definition) is 4.